The molecule has 0 spiro atoms. The van der Waals surface area contributed by atoms with Crippen molar-refractivity contribution in [2.75, 3.05) is 18.1 Å². The van der Waals surface area contributed by atoms with E-state index in [2.05, 4.69) is 4.72 Å². The summed E-state index contributed by atoms with van der Waals surface area (Å²) >= 11 is 6.02. The highest BCUT2D eigenvalue weighted by Gasteiger charge is 2.58. The van der Waals surface area contributed by atoms with E-state index >= 15 is 8.78 Å². The maximum absolute atomic E-state index is 15.5. The van der Waals surface area contributed by atoms with Gasteiger partial charge >= 0.3 is 12.1 Å². The van der Waals surface area contributed by atoms with Gasteiger partial charge in [-0.2, -0.15) is 4.72 Å². The van der Waals surface area contributed by atoms with E-state index in [0.717, 1.165) is 11.6 Å². The summed E-state index contributed by atoms with van der Waals surface area (Å²) in [6.07, 6.45) is -2.80. The first-order valence-electron chi connectivity index (χ1n) is 12.4. The van der Waals surface area contributed by atoms with Crippen LogP contribution in [0.5, 0.6) is 0 Å². The second-order valence-electron chi connectivity index (χ2n) is 9.69. The van der Waals surface area contributed by atoms with Gasteiger partial charge in [-0.05, 0) is 49.2 Å². The summed E-state index contributed by atoms with van der Waals surface area (Å²) in [6.45, 7) is -0.189. The maximum atomic E-state index is 15.5. The molecule has 4 rings (SSSR count). The third-order valence-corrected chi connectivity index (χ3v) is 8.52. The number of nitrogens with one attached hydrogen (secondary N) is 1. The lowest BCUT2D eigenvalue weighted by Gasteiger charge is -2.35. The van der Waals surface area contributed by atoms with Gasteiger partial charge in [0.25, 0.3) is 5.92 Å². The highest BCUT2D eigenvalue weighted by molar-refractivity contribution is 7.89. The largest absolute Gasteiger partial charge is 0.465 e. The monoisotopic (exact) mass is 608 g/mol. The standard InChI is InChI=1S/C28H27ClF2N2O7S/c1-18-7-10-21(11-8-18)41(38,39)32-23(15-19-5-3-2-4-6-19)25(34)40-17-27(37)22-16-20(29)9-12-24(22)33(26(35)36)14-13-28(27,30)31/h2-12,16,23,32,37H,13-15,17H2,1H3,(H,35,36)/t23?,27-/m1/s1. The highest BCUT2D eigenvalue weighted by Crippen LogP contribution is 2.47. The average molecular weight is 609 g/mol. The van der Waals surface area contributed by atoms with Gasteiger partial charge < -0.3 is 14.9 Å². The van der Waals surface area contributed by atoms with Crippen LogP contribution in [-0.2, 0) is 31.6 Å². The Balaban J connectivity index is 1.67. The minimum Gasteiger partial charge on any atom is -0.465 e. The van der Waals surface area contributed by atoms with E-state index in [9.17, 15) is 28.2 Å². The number of carbonyl (C=O) groups excluding carboxylic acids is 1. The fraction of sp³-hybridized carbons (Fsp3) is 0.286. The Morgan fingerprint density at radius 3 is 2.39 bits per heavy atom. The van der Waals surface area contributed by atoms with Crippen molar-refractivity contribution >= 4 is 39.4 Å². The maximum Gasteiger partial charge on any atom is 0.411 e. The van der Waals surface area contributed by atoms with Crippen LogP contribution in [-0.4, -0.2) is 55.8 Å². The Kier molecular flexibility index (Phi) is 8.69. The van der Waals surface area contributed by atoms with Gasteiger partial charge in [-0.25, -0.2) is 22.0 Å². The lowest BCUT2D eigenvalue weighted by atomic mass is 9.86. The van der Waals surface area contributed by atoms with Crippen LogP contribution in [0.3, 0.4) is 0 Å². The van der Waals surface area contributed by atoms with Gasteiger partial charge in [0.15, 0.2) is 5.60 Å². The zero-order valence-corrected chi connectivity index (χ0v) is 23.3. The number of hydrogen-bond acceptors (Lipinski definition) is 6. The van der Waals surface area contributed by atoms with Gasteiger partial charge in [0.2, 0.25) is 10.0 Å². The predicted molar refractivity (Wildman–Crippen MR) is 147 cm³/mol. The first-order valence-corrected chi connectivity index (χ1v) is 14.3. The van der Waals surface area contributed by atoms with Crippen molar-refractivity contribution in [2.45, 2.75) is 42.2 Å². The number of aryl methyl sites for hydroxylation is 1. The van der Waals surface area contributed by atoms with E-state index < -0.39 is 64.8 Å². The number of carboxylic acid groups (broad SMARTS) is 1. The molecule has 9 nitrogen and oxygen atoms in total. The summed E-state index contributed by atoms with van der Waals surface area (Å²) < 4.78 is 64.6. The van der Waals surface area contributed by atoms with Gasteiger partial charge in [0, 0.05) is 23.6 Å². The van der Waals surface area contributed by atoms with Crippen molar-refractivity contribution < 1.29 is 41.7 Å². The summed E-state index contributed by atoms with van der Waals surface area (Å²) in [5.74, 6) is -5.19. The third kappa shape index (κ3) is 6.51. The first kappa shape index (κ1) is 30.4. The van der Waals surface area contributed by atoms with Crippen LogP contribution < -0.4 is 9.62 Å². The summed E-state index contributed by atoms with van der Waals surface area (Å²) in [6, 6.07) is 16.1. The second kappa shape index (κ2) is 11.7. The van der Waals surface area contributed by atoms with Crippen molar-refractivity contribution in [3.8, 4) is 0 Å². The highest BCUT2D eigenvalue weighted by atomic mass is 35.5. The van der Waals surface area contributed by atoms with E-state index in [4.69, 9.17) is 16.3 Å². The van der Waals surface area contributed by atoms with Crippen LogP contribution in [0.25, 0.3) is 0 Å². The molecule has 1 amide bonds. The van der Waals surface area contributed by atoms with Gasteiger partial charge in [0.1, 0.15) is 12.6 Å². The number of nitrogens with zero attached hydrogens (tertiary/aromatic N) is 1. The van der Waals surface area contributed by atoms with Gasteiger partial charge in [-0.15, -0.1) is 0 Å². The molecule has 2 atom stereocenters. The van der Waals surface area contributed by atoms with Crippen LogP contribution in [0.1, 0.15) is 23.1 Å². The lowest BCUT2D eigenvalue weighted by molar-refractivity contribution is -0.214. The number of hydrogen-bond donors (Lipinski definition) is 3. The zero-order valence-electron chi connectivity index (χ0n) is 21.8. The zero-order chi connectivity index (χ0) is 30.0. The Labute approximate surface area is 240 Å². The first-order chi connectivity index (χ1) is 19.2. The van der Waals surface area contributed by atoms with Crippen LogP contribution in [0.15, 0.2) is 77.7 Å². The molecule has 1 aliphatic heterocycles. The fourth-order valence-corrected chi connectivity index (χ4v) is 5.86. The third-order valence-electron chi connectivity index (χ3n) is 6.80. The minimum atomic E-state index is -4.25. The Hall–Kier alpha value is -3.58. The molecule has 0 aromatic heterocycles. The van der Waals surface area contributed by atoms with Crippen LogP contribution in [0.2, 0.25) is 5.02 Å². The molecule has 3 aromatic carbocycles. The molecular formula is C28H27ClF2N2O7S. The number of amides is 1. The molecule has 1 unspecified atom stereocenters. The van der Waals surface area contributed by atoms with E-state index in [1.54, 1.807) is 49.4 Å². The van der Waals surface area contributed by atoms with E-state index in [-0.39, 0.29) is 22.0 Å². The number of rotatable bonds is 8. The molecule has 0 bridgehead atoms. The van der Waals surface area contributed by atoms with E-state index in [1.165, 1.54) is 24.3 Å². The molecule has 41 heavy (non-hydrogen) atoms. The molecule has 0 saturated heterocycles. The normalized spacial score (nSPS) is 19.1. The summed E-state index contributed by atoms with van der Waals surface area (Å²) in [7, 11) is -4.25. The van der Waals surface area contributed by atoms with Gasteiger partial charge in [-0.1, -0.05) is 59.6 Å². The molecule has 218 valence electrons. The number of fused-ring (bicyclic) bond motifs is 1. The molecule has 3 aromatic rings. The summed E-state index contributed by atoms with van der Waals surface area (Å²) in [4.78, 5) is 25.6. The van der Waals surface area contributed by atoms with E-state index in [1.807, 2.05) is 0 Å². The average Bonchev–Trinajstić information content (AvgIpc) is 3.00. The number of halogens is 3. The van der Waals surface area contributed by atoms with Crippen molar-refractivity contribution in [1.29, 1.82) is 0 Å². The van der Waals surface area contributed by atoms with E-state index in [0.29, 0.717) is 10.5 Å². The topological polar surface area (TPSA) is 133 Å². The molecule has 13 heteroatoms. The SMILES string of the molecule is Cc1ccc(S(=O)(=O)NC(Cc2ccccc2)C(=O)OC[C@@]2(O)c3cc(Cl)ccc3N(C(=O)O)CCC2(F)F)cc1. The van der Waals surface area contributed by atoms with Gasteiger partial charge in [-0.3, -0.25) is 9.69 Å². The number of aliphatic hydroxyl groups is 1. The number of anilines is 1. The molecule has 1 aliphatic rings. The smallest absolute Gasteiger partial charge is 0.411 e. The Morgan fingerprint density at radius 1 is 1.10 bits per heavy atom. The van der Waals surface area contributed by atoms with Crippen LogP contribution >= 0.6 is 11.6 Å². The fourth-order valence-electron chi connectivity index (χ4n) is 4.51. The number of alkyl halides is 2. The molecule has 0 saturated carbocycles. The number of carbonyl (C=O) groups is 2. The van der Waals surface area contributed by atoms with Crippen molar-refractivity contribution in [3.63, 3.8) is 0 Å². The van der Waals surface area contributed by atoms with Crippen LogP contribution in [0, 0.1) is 6.92 Å². The predicted octanol–water partition coefficient (Wildman–Crippen LogP) is 4.49. The summed E-state index contributed by atoms with van der Waals surface area (Å²) in [5, 5.41) is 20.9. The minimum absolute atomic E-state index is 0.0654. The molecule has 1 heterocycles. The molecule has 0 aliphatic carbocycles. The number of esters is 1. The lowest BCUT2D eigenvalue weighted by Crippen LogP contribution is -2.51. The second-order valence-corrected chi connectivity index (χ2v) is 11.8. The number of ether oxygens (including phenoxy) is 1. The molecule has 0 fully saturated rings. The van der Waals surface area contributed by atoms with Crippen LogP contribution in [0.4, 0.5) is 19.3 Å². The Bertz CT molecular complexity index is 1540. The van der Waals surface area contributed by atoms with Gasteiger partial charge in [0.05, 0.1) is 10.6 Å². The quantitative estimate of drug-likeness (QED) is 0.321. The molecule has 0 radical (unpaired) electrons. The van der Waals surface area contributed by atoms with Crippen molar-refractivity contribution in [2.24, 2.45) is 0 Å². The number of sulfonamides is 1. The van der Waals surface area contributed by atoms with Crippen molar-refractivity contribution in [3.05, 3.63) is 94.5 Å². The molecule has 3 N–H and O–H groups in total. The van der Waals surface area contributed by atoms with Crippen molar-refractivity contribution in [1.82, 2.24) is 4.72 Å². The molecular weight excluding hydrogens is 582 g/mol. The summed E-state index contributed by atoms with van der Waals surface area (Å²) in [5.41, 5.74) is -2.63. The Morgan fingerprint density at radius 2 is 1.76 bits per heavy atom. The number of benzene rings is 3.